The van der Waals surface area contributed by atoms with Gasteiger partial charge in [0.15, 0.2) is 0 Å². The van der Waals surface area contributed by atoms with E-state index in [4.69, 9.17) is 0 Å². The van der Waals surface area contributed by atoms with Crippen LogP contribution in [0, 0.1) is 35.0 Å². The standard InChI is InChI=1S/C22H33NO3/c1-11(2)6-18-19-14(5)12(3)7-15-8-13(4)17-9-16(24)10-21(17,26)22(15,19)20(25)23-18/h7-8,11,14-19,24,26H,6,9-10H2,1-5H3,(H,23,25)/t14-,15+,16+,17?,18+,19-,21+,22?/m1/s1. The van der Waals surface area contributed by atoms with Gasteiger partial charge in [-0.1, -0.05) is 44.1 Å². The maximum absolute atomic E-state index is 13.6. The van der Waals surface area contributed by atoms with Gasteiger partial charge in [-0.2, -0.15) is 0 Å². The van der Waals surface area contributed by atoms with Crippen molar-refractivity contribution in [1.29, 1.82) is 0 Å². The maximum atomic E-state index is 13.6. The number of fused-ring (bicyclic) bond motifs is 1. The highest BCUT2D eigenvalue weighted by Crippen LogP contribution is 2.67. The molecule has 3 N–H and O–H groups in total. The summed E-state index contributed by atoms with van der Waals surface area (Å²) in [5.74, 6) is 0.566. The average Bonchev–Trinajstić information content (AvgIpc) is 2.99. The summed E-state index contributed by atoms with van der Waals surface area (Å²) in [4.78, 5) is 13.6. The molecule has 2 fully saturated rings. The van der Waals surface area contributed by atoms with Gasteiger partial charge in [0.05, 0.1) is 17.1 Å². The van der Waals surface area contributed by atoms with E-state index < -0.39 is 17.1 Å². The number of carbonyl (C=O) groups is 1. The molecule has 4 aliphatic rings. The molecule has 4 rings (SSSR count). The van der Waals surface area contributed by atoms with Crippen molar-refractivity contribution in [3.05, 3.63) is 23.3 Å². The molecule has 4 nitrogen and oxygen atoms in total. The molecule has 1 heterocycles. The zero-order valence-electron chi connectivity index (χ0n) is 16.6. The molecule has 0 bridgehead atoms. The average molecular weight is 360 g/mol. The summed E-state index contributed by atoms with van der Waals surface area (Å²) in [6, 6.07) is 0.0814. The fourth-order valence-corrected chi connectivity index (χ4v) is 6.95. The first-order valence-corrected chi connectivity index (χ1v) is 10.2. The van der Waals surface area contributed by atoms with Crippen LogP contribution in [0.5, 0.6) is 0 Å². The quantitative estimate of drug-likeness (QED) is 0.664. The molecule has 0 radical (unpaired) electrons. The Balaban J connectivity index is 1.94. The van der Waals surface area contributed by atoms with Crippen LogP contribution in [0.25, 0.3) is 0 Å². The third kappa shape index (κ3) is 2.06. The van der Waals surface area contributed by atoms with Crippen molar-refractivity contribution in [3.63, 3.8) is 0 Å². The van der Waals surface area contributed by atoms with E-state index >= 15 is 0 Å². The minimum atomic E-state index is -1.16. The highest BCUT2D eigenvalue weighted by molar-refractivity contribution is 5.89. The summed E-state index contributed by atoms with van der Waals surface area (Å²) in [5, 5.41) is 25.8. The van der Waals surface area contributed by atoms with Crippen molar-refractivity contribution < 1.29 is 15.0 Å². The van der Waals surface area contributed by atoms with Crippen molar-refractivity contribution in [2.24, 2.45) is 35.0 Å². The van der Waals surface area contributed by atoms with Gasteiger partial charge in [0.25, 0.3) is 0 Å². The van der Waals surface area contributed by atoms with Crippen molar-refractivity contribution in [1.82, 2.24) is 5.32 Å². The van der Waals surface area contributed by atoms with E-state index in [1.807, 2.05) is 0 Å². The normalized spacial score (nSPS) is 49.9. The lowest BCUT2D eigenvalue weighted by molar-refractivity contribution is -0.174. The molecule has 3 aliphatic carbocycles. The van der Waals surface area contributed by atoms with Gasteiger partial charge in [0, 0.05) is 30.2 Å². The maximum Gasteiger partial charge on any atom is 0.230 e. The largest absolute Gasteiger partial charge is 0.393 e. The van der Waals surface area contributed by atoms with Crippen LogP contribution in [-0.2, 0) is 4.79 Å². The number of aliphatic hydroxyl groups excluding tert-OH is 1. The Labute approximate surface area is 156 Å². The minimum Gasteiger partial charge on any atom is -0.393 e. The fraction of sp³-hybridized carbons (Fsp3) is 0.773. The lowest BCUT2D eigenvalue weighted by Gasteiger charge is -2.57. The second-order valence-corrected chi connectivity index (χ2v) is 9.81. The molecule has 2 unspecified atom stereocenters. The lowest BCUT2D eigenvalue weighted by atomic mass is 9.46. The first kappa shape index (κ1) is 18.2. The molecule has 0 aromatic rings. The summed E-state index contributed by atoms with van der Waals surface area (Å²) in [6.45, 7) is 10.8. The van der Waals surface area contributed by atoms with E-state index in [2.05, 4.69) is 52.1 Å². The van der Waals surface area contributed by atoms with Crippen molar-refractivity contribution in [2.45, 2.75) is 71.6 Å². The zero-order valence-corrected chi connectivity index (χ0v) is 16.6. The highest BCUT2D eigenvalue weighted by atomic mass is 16.3. The van der Waals surface area contributed by atoms with Crippen LogP contribution in [0.4, 0.5) is 0 Å². The van der Waals surface area contributed by atoms with E-state index in [1.165, 1.54) is 5.57 Å². The number of carbonyl (C=O) groups excluding carboxylic acids is 1. The van der Waals surface area contributed by atoms with Gasteiger partial charge in [0.1, 0.15) is 0 Å². The Hall–Kier alpha value is -1.13. The summed E-state index contributed by atoms with van der Waals surface area (Å²) >= 11 is 0. The minimum absolute atomic E-state index is 0.000833. The molecule has 4 heteroatoms. The van der Waals surface area contributed by atoms with Crippen molar-refractivity contribution in [2.75, 3.05) is 0 Å². The molecule has 0 aromatic carbocycles. The number of hydrogen-bond acceptors (Lipinski definition) is 3. The van der Waals surface area contributed by atoms with Crippen LogP contribution in [-0.4, -0.2) is 33.9 Å². The second kappa shape index (κ2) is 5.68. The van der Waals surface area contributed by atoms with Crippen LogP contribution in [0.2, 0.25) is 0 Å². The lowest BCUT2D eigenvalue weighted by Crippen LogP contribution is -2.65. The Morgan fingerprint density at radius 1 is 1.27 bits per heavy atom. The van der Waals surface area contributed by atoms with Gasteiger partial charge in [-0.05, 0) is 38.5 Å². The van der Waals surface area contributed by atoms with Gasteiger partial charge in [-0.3, -0.25) is 4.79 Å². The molecule has 0 aromatic heterocycles. The number of amides is 1. The topological polar surface area (TPSA) is 69.6 Å². The van der Waals surface area contributed by atoms with Crippen molar-refractivity contribution >= 4 is 5.91 Å². The molecule has 1 saturated heterocycles. The molecule has 26 heavy (non-hydrogen) atoms. The Bertz CT molecular complexity index is 696. The molecular formula is C22H33NO3. The highest BCUT2D eigenvalue weighted by Gasteiger charge is 2.74. The summed E-state index contributed by atoms with van der Waals surface area (Å²) in [6.07, 6.45) is 5.66. The number of nitrogens with one attached hydrogen (secondary N) is 1. The van der Waals surface area contributed by atoms with Crippen LogP contribution in [0.15, 0.2) is 23.3 Å². The predicted octanol–water partition coefficient (Wildman–Crippen LogP) is 2.81. The van der Waals surface area contributed by atoms with Crippen LogP contribution in [0.3, 0.4) is 0 Å². The Kier molecular flexibility index (Phi) is 3.99. The van der Waals surface area contributed by atoms with Gasteiger partial charge in [0.2, 0.25) is 5.91 Å². The number of rotatable bonds is 2. The molecule has 144 valence electrons. The Morgan fingerprint density at radius 2 is 1.92 bits per heavy atom. The number of allylic oxidation sites excluding steroid dienone is 3. The molecular weight excluding hydrogens is 326 g/mol. The predicted molar refractivity (Wildman–Crippen MR) is 101 cm³/mol. The molecule has 1 saturated carbocycles. The zero-order chi connectivity index (χ0) is 19.0. The van der Waals surface area contributed by atoms with Gasteiger partial charge in [-0.15, -0.1) is 0 Å². The molecule has 8 atom stereocenters. The summed E-state index contributed by atoms with van der Waals surface area (Å²) in [5.41, 5.74) is 0.414. The molecule has 1 aliphatic heterocycles. The van der Waals surface area contributed by atoms with E-state index in [0.29, 0.717) is 18.8 Å². The monoisotopic (exact) mass is 359 g/mol. The van der Waals surface area contributed by atoms with Crippen LogP contribution >= 0.6 is 0 Å². The summed E-state index contributed by atoms with van der Waals surface area (Å²) < 4.78 is 0. The number of hydrogen-bond donors (Lipinski definition) is 3. The summed E-state index contributed by atoms with van der Waals surface area (Å²) in [7, 11) is 0. The van der Waals surface area contributed by atoms with Gasteiger partial charge >= 0.3 is 0 Å². The Morgan fingerprint density at radius 3 is 2.58 bits per heavy atom. The number of aliphatic hydroxyl groups is 2. The fourth-order valence-electron chi connectivity index (χ4n) is 6.95. The molecule has 1 spiro atoms. The second-order valence-electron chi connectivity index (χ2n) is 9.81. The molecule has 1 amide bonds. The van der Waals surface area contributed by atoms with E-state index in [-0.39, 0.29) is 35.6 Å². The van der Waals surface area contributed by atoms with E-state index in [0.717, 1.165) is 12.0 Å². The third-order valence-corrected chi connectivity index (χ3v) is 7.94. The third-order valence-electron chi connectivity index (χ3n) is 7.94. The van der Waals surface area contributed by atoms with Crippen molar-refractivity contribution in [3.8, 4) is 0 Å². The first-order valence-electron chi connectivity index (χ1n) is 10.2. The van der Waals surface area contributed by atoms with Crippen LogP contribution in [0.1, 0.15) is 53.9 Å². The van der Waals surface area contributed by atoms with E-state index in [9.17, 15) is 15.0 Å². The van der Waals surface area contributed by atoms with Gasteiger partial charge in [-0.25, -0.2) is 0 Å². The van der Waals surface area contributed by atoms with E-state index in [1.54, 1.807) is 0 Å². The van der Waals surface area contributed by atoms with Crippen LogP contribution < -0.4 is 5.32 Å². The first-order chi connectivity index (χ1) is 12.1. The smallest absolute Gasteiger partial charge is 0.230 e. The SMILES string of the molecule is CC1=C[C@@H]2C=C(C)[C@@H](C)[C@@H]3[C@H](CC(C)C)NC(=O)C23[C@]2(O)C[C@@H](O)CC12. The van der Waals surface area contributed by atoms with Gasteiger partial charge < -0.3 is 15.5 Å².